The van der Waals surface area contributed by atoms with Crippen LogP contribution in [0.4, 0.5) is 17.6 Å². The fourth-order valence-electron chi connectivity index (χ4n) is 2.00. The van der Waals surface area contributed by atoms with Crippen molar-refractivity contribution in [3.05, 3.63) is 70.5 Å². The Morgan fingerprint density at radius 3 is 2.35 bits per heavy atom. The summed E-state index contributed by atoms with van der Waals surface area (Å²) < 4.78 is 52.3. The summed E-state index contributed by atoms with van der Waals surface area (Å²) in [6, 6.07) is 9.02. The predicted octanol–water partition coefficient (Wildman–Crippen LogP) is 4.25. The number of alkyl halides is 3. The lowest BCUT2D eigenvalue weighted by molar-refractivity contribution is -0.138. The van der Waals surface area contributed by atoms with Crippen molar-refractivity contribution in [2.75, 3.05) is 0 Å². The van der Waals surface area contributed by atoms with Gasteiger partial charge in [0.25, 0.3) is 0 Å². The average molecular weight is 282 g/mol. The fourth-order valence-corrected chi connectivity index (χ4v) is 2.00. The Balaban J connectivity index is 2.51. The highest BCUT2D eigenvalue weighted by Crippen LogP contribution is 2.34. The molecule has 0 bridgehead atoms. The highest BCUT2D eigenvalue weighted by atomic mass is 19.4. The Hall–Kier alpha value is -2.17. The van der Waals surface area contributed by atoms with E-state index in [1.807, 2.05) is 0 Å². The van der Waals surface area contributed by atoms with Gasteiger partial charge in [-0.15, -0.1) is 0 Å². The van der Waals surface area contributed by atoms with Gasteiger partial charge >= 0.3 is 6.18 Å². The van der Waals surface area contributed by atoms with E-state index >= 15 is 0 Å². The van der Waals surface area contributed by atoms with E-state index in [9.17, 15) is 22.4 Å². The van der Waals surface area contributed by atoms with E-state index in [0.717, 1.165) is 18.2 Å². The molecule has 5 heteroatoms. The molecule has 0 radical (unpaired) electrons. The van der Waals surface area contributed by atoms with Gasteiger partial charge in [-0.1, -0.05) is 30.3 Å². The maximum absolute atomic E-state index is 13.7. The SMILES string of the molecule is O=Cc1ccccc1Cc1c(F)cccc1C(F)(F)F. The molecule has 0 heterocycles. The molecule has 0 aromatic heterocycles. The summed E-state index contributed by atoms with van der Waals surface area (Å²) in [4.78, 5) is 10.9. The van der Waals surface area contributed by atoms with E-state index in [-0.39, 0.29) is 12.0 Å². The third-order valence-electron chi connectivity index (χ3n) is 2.97. The number of carbonyl (C=O) groups is 1. The molecule has 2 aromatic carbocycles. The number of carbonyl (C=O) groups excluding carboxylic acids is 1. The lowest BCUT2D eigenvalue weighted by Crippen LogP contribution is -2.11. The average Bonchev–Trinajstić information content (AvgIpc) is 2.40. The normalized spacial score (nSPS) is 11.4. The quantitative estimate of drug-likeness (QED) is 0.607. The van der Waals surface area contributed by atoms with E-state index in [1.165, 1.54) is 12.1 Å². The first-order chi connectivity index (χ1) is 9.43. The first-order valence-electron chi connectivity index (χ1n) is 5.81. The van der Waals surface area contributed by atoms with Crippen LogP contribution in [-0.2, 0) is 12.6 Å². The molecule has 0 spiro atoms. The van der Waals surface area contributed by atoms with Crippen LogP contribution in [0.15, 0.2) is 42.5 Å². The molecule has 0 atom stereocenters. The molecule has 0 N–H and O–H groups in total. The second-order valence-electron chi connectivity index (χ2n) is 4.26. The van der Waals surface area contributed by atoms with Crippen LogP contribution in [0.25, 0.3) is 0 Å². The molecular formula is C15H10F4O. The molecular weight excluding hydrogens is 272 g/mol. The van der Waals surface area contributed by atoms with Crippen molar-refractivity contribution in [3.63, 3.8) is 0 Å². The molecule has 0 amide bonds. The summed E-state index contributed by atoms with van der Waals surface area (Å²) in [7, 11) is 0. The van der Waals surface area contributed by atoms with Gasteiger partial charge in [-0.2, -0.15) is 13.2 Å². The highest BCUT2D eigenvalue weighted by molar-refractivity contribution is 5.77. The zero-order valence-electron chi connectivity index (χ0n) is 10.2. The van der Waals surface area contributed by atoms with Crippen molar-refractivity contribution in [3.8, 4) is 0 Å². The number of rotatable bonds is 3. The van der Waals surface area contributed by atoms with Crippen LogP contribution >= 0.6 is 0 Å². The number of hydrogen-bond acceptors (Lipinski definition) is 1. The molecule has 2 aromatic rings. The monoisotopic (exact) mass is 282 g/mol. The molecule has 1 nitrogen and oxygen atoms in total. The minimum absolute atomic E-state index is 0.254. The lowest BCUT2D eigenvalue weighted by Gasteiger charge is -2.14. The van der Waals surface area contributed by atoms with Crippen LogP contribution in [0.3, 0.4) is 0 Å². The Kier molecular flexibility index (Phi) is 3.88. The topological polar surface area (TPSA) is 17.1 Å². The predicted molar refractivity (Wildman–Crippen MR) is 66.0 cm³/mol. The molecule has 0 aliphatic carbocycles. The van der Waals surface area contributed by atoms with Gasteiger partial charge in [-0.25, -0.2) is 4.39 Å². The van der Waals surface area contributed by atoms with E-state index in [4.69, 9.17) is 0 Å². The van der Waals surface area contributed by atoms with E-state index in [2.05, 4.69) is 0 Å². The van der Waals surface area contributed by atoms with Crippen molar-refractivity contribution in [2.45, 2.75) is 12.6 Å². The summed E-state index contributed by atoms with van der Waals surface area (Å²) in [5.74, 6) is -0.930. The number of hydrogen-bond donors (Lipinski definition) is 0. The first kappa shape index (κ1) is 14.2. The molecule has 0 fully saturated rings. The standard InChI is InChI=1S/C15H10F4O/c16-14-7-3-6-13(15(17,18)19)12(14)8-10-4-1-2-5-11(10)9-20/h1-7,9H,8H2. The van der Waals surface area contributed by atoms with Gasteiger partial charge < -0.3 is 0 Å². The minimum Gasteiger partial charge on any atom is -0.298 e. The van der Waals surface area contributed by atoms with Crippen molar-refractivity contribution in [1.82, 2.24) is 0 Å². The van der Waals surface area contributed by atoms with Crippen LogP contribution in [0.1, 0.15) is 27.0 Å². The van der Waals surface area contributed by atoms with Gasteiger partial charge in [-0.3, -0.25) is 4.79 Å². The third kappa shape index (κ3) is 2.87. The van der Waals surface area contributed by atoms with Gasteiger partial charge in [0.2, 0.25) is 0 Å². The Bertz CT molecular complexity index is 632. The van der Waals surface area contributed by atoms with Crippen molar-refractivity contribution < 1.29 is 22.4 Å². The zero-order chi connectivity index (χ0) is 14.8. The molecule has 0 aliphatic heterocycles. The van der Waals surface area contributed by atoms with Gasteiger partial charge in [0.1, 0.15) is 12.1 Å². The van der Waals surface area contributed by atoms with E-state index in [1.54, 1.807) is 12.1 Å². The second-order valence-corrected chi connectivity index (χ2v) is 4.26. The highest BCUT2D eigenvalue weighted by Gasteiger charge is 2.34. The van der Waals surface area contributed by atoms with Crippen LogP contribution in [0.2, 0.25) is 0 Å². The first-order valence-corrected chi connectivity index (χ1v) is 5.81. The maximum Gasteiger partial charge on any atom is 0.416 e. The smallest absolute Gasteiger partial charge is 0.298 e. The Morgan fingerprint density at radius 1 is 1.00 bits per heavy atom. The van der Waals surface area contributed by atoms with Crippen molar-refractivity contribution in [2.24, 2.45) is 0 Å². The Morgan fingerprint density at radius 2 is 1.70 bits per heavy atom. The maximum atomic E-state index is 13.7. The molecule has 2 rings (SSSR count). The van der Waals surface area contributed by atoms with Crippen LogP contribution in [-0.4, -0.2) is 6.29 Å². The lowest BCUT2D eigenvalue weighted by atomic mass is 9.96. The summed E-state index contributed by atoms with van der Waals surface area (Å²) >= 11 is 0. The van der Waals surface area contributed by atoms with E-state index in [0.29, 0.717) is 11.8 Å². The van der Waals surface area contributed by atoms with Crippen molar-refractivity contribution >= 4 is 6.29 Å². The van der Waals surface area contributed by atoms with Crippen molar-refractivity contribution in [1.29, 1.82) is 0 Å². The minimum atomic E-state index is -4.63. The van der Waals surface area contributed by atoms with Gasteiger partial charge in [0, 0.05) is 17.5 Å². The zero-order valence-corrected chi connectivity index (χ0v) is 10.2. The number of benzene rings is 2. The van der Waals surface area contributed by atoms with E-state index < -0.39 is 23.1 Å². The molecule has 0 aliphatic rings. The number of aldehydes is 1. The summed E-state index contributed by atoms with van der Waals surface area (Å²) in [5, 5.41) is 0. The molecule has 0 unspecified atom stereocenters. The molecule has 0 saturated heterocycles. The van der Waals surface area contributed by atoms with Gasteiger partial charge in [0.05, 0.1) is 5.56 Å². The van der Waals surface area contributed by atoms with Gasteiger partial charge in [-0.05, 0) is 17.7 Å². The molecule has 20 heavy (non-hydrogen) atoms. The summed E-state index contributed by atoms with van der Waals surface area (Å²) in [6.07, 6.45) is -4.37. The second kappa shape index (κ2) is 5.45. The summed E-state index contributed by atoms with van der Waals surface area (Å²) in [5.41, 5.74) is -0.852. The molecule has 104 valence electrons. The largest absolute Gasteiger partial charge is 0.416 e. The Labute approximate surface area is 112 Å². The number of halogens is 4. The summed E-state index contributed by atoms with van der Waals surface area (Å²) in [6.45, 7) is 0. The van der Waals surface area contributed by atoms with Crippen LogP contribution < -0.4 is 0 Å². The fraction of sp³-hybridized carbons (Fsp3) is 0.133. The third-order valence-corrected chi connectivity index (χ3v) is 2.97. The van der Waals surface area contributed by atoms with Crippen LogP contribution in [0, 0.1) is 5.82 Å². The molecule has 0 saturated carbocycles. The van der Waals surface area contributed by atoms with Crippen LogP contribution in [0.5, 0.6) is 0 Å². The van der Waals surface area contributed by atoms with Gasteiger partial charge in [0.15, 0.2) is 0 Å².